The Balaban J connectivity index is 2.40. The lowest BCUT2D eigenvalue weighted by molar-refractivity contribution is 0.0696. The Morgan fingerprint density at radius 3 is 2.77 bits per heavy atom. The van der Waals surface area contributed by atoms with Crippen molar-refractivity contribution >= 4 is 31.9 Å². The maximum absolute atomic E-state index is 13.7. The van der Waals surface area contributed by atoms with Crippen molar-refractivity contribution < 1.29 is 17.6 Å². The summed E-state index contributed by atoms with van der Waals surface area (Å²) >= 11 is 3.06. The summed E-state index contributed by atoms with van der Waals surface area (Å²) in [4.78, 5) is 13.7. The second-order valence-corrected chi connectivity index (χ2v) is 7.51. The first-order valence-corrected chi connectivity index (χ1v) is 9.06. The van der Waals surface area contributed by atoms with Gasteiger partial charge >= 0.3 is 0 Å². The number of carbonyl (C=O) groups excluding carboxylic acids is 1. The van der Waals surface area contributed by atoms with Crippen LogP contribution in [0.3, 0.4) is 0 Å². The second kappa shape index (κ2) is 6.61. The van der Waals surface area contributed by atoms with Gasteiger partial charge in [-0.05, 0) is 48.0 Å². The van der Waals surface area contributed by atoms with E-state index in [4.69, 9.17) is 5.14 Å². The minimum Gasteiger partial charge on any atom is -0.337 e. The van der Waals surface area contributed by atoms with E-state index >= 15 is 0 Å². The van der Waals surface area contributed by atoms with Crippen LogP contribution in [0.25, 0.3) is 0 Å². The smallest absolute Gasteiger partial charge is 0.255 e. The SMILES string of the molecule is CN[C@@H]1CCCN(C(=O)c2cc(F)cc(S(N)(=O)=O)c2Br)C1. The zero-order valence-electron chi connectivity index (χ0n) is 12.0. The highest BCUT2D eigenvalue weighted by Gasteiger charge is 2.27. The van der Waals surface area contributed by atoms with Crippen molar-refractivity contribution in [3.8, 4) is 0 Å². The van der Waals surface area contributed by atoms with Gasteiger partial charge in [0, 0.05) is 19.1 Å². The Bertz CT molecular complexity index is 696. The van der Waals surface area contributed by atoms with Gasteiger partial charge in [-0.15, -0.1) is 0 Å². The number of benzene rings is 1. The summed E-state index contributed by atoms with van der Waals surface area (Å²) in [5, 5.41) is 8.16. The maximum Gasteiger partial charge on any atom is 0.255 e. The molecule has 1 aliphatic rings. The average molecular weight is 394 g/mol. The highest BCUT2D eigenvalue weighted by Crippen LogP contribution is 2.28. The quantitative estimate of drug-likeness (QED) is 0.802. The molecule has 0 radical (unpaired) electrons. The third kappa shape index (κ3) is 3.65. The minimum atomic E-state index is -4.13. The van der Waals surface area contributed by atoms with Gasteiger partial charge in [-0.1, -0.05) is 0 Å². The summed E-state index contributed by atoms with van der Waals surface area (Å²) in [5.74, 6) is -1.24. The van der Waals surface area contributed by atoms with Crippen LogP contribution in [0.2, 0.25) is 0 Å². The summed E-state index contributed by atoms with van der Waals surface area (Å²) in [5.41, 5.74) is -0.0409. The molecule has 2 rings (SSSR count). The van der Waals surface area contributed by atoms with Gasteiger partial charge in [0.1, 0.15) is 5.82 Å². The number of primary sulfonamides is 1. The molecule has 3 N–H and O–H groups in total. The first kappa shape index (κ1) is 17.3. The lowest BCUT2D eigenvalue weighted by Crippen LogP contribution is -2.47. The van der Waals surface area contributed by atoms with Gasteiger partial charge in [0.2, 0.25) is 10.0 Å². The standard InChI is InChI=1S/C13H17BrFN3O3S/c1-17-9-3-2-4-18(7-9)13(19)10-5-8(15)6-11(12(10)14)22(16,20)21/h5-6,9,17H,2-4,7H2,1H3,(H2,16,20,21)/t9-/m1/s1. The number of carbonyl (C=O) groups is 1. The summed E-state index contributed by atoms with van der Waals surface area (Å²) in [6.07, 6.45) is 1.78. The Kier molecular flexibility index (Phi) is 5.21. The molecule has 0 unspecified atom stereocenters. The van der Waals surface area contributed by atoms with Crippen molar-refractivity contribution in [1.29, 1.82) is 0 Å². The number of hydrogen-bond acceptors (Lipinski definition) is 4. The first-order chi connectivity index (χ1) is 10.2. The van der Waals surface area contributed by atoms with E-state index in [9.17, 15) is 17.6 Å². The molecule has 0 spiro atoms. The van der Waals surface area contributed by atoms with Crippen molar-refractivity contribution in [2.24, 2.45) is 5.14 Å². The van der Waals surface area contributed by atoms with Gasteiger partial charge < -0.3 is 10.2 Å². The number of amides is 1. The van der Waals surface area contributed by atoms with E-state index in [1.165, 1.54) is 0 Å². The summed E-state index contributed by atoms with van der Waals surface area (Å²) in [6.45, 7) is 1.04. The molecule has 6 nitrogen and oxygen atoms in total. The van der Waals surface area contributed by atoms with Crippen LogP contribution in [0.5, 0.6) is 0 Å². The van der Waals surface area contributed by atoms with Gasteiger partial charge in [-0.2, -0.15) is 0 Å². The highest BCUT2D eigenvalue weighted by molar-refractivity contribution is 9.10. The van der Waals surface area contributed by atoms with Crippen LogP contribution >= 0.6 is 15.9 Å². The van der Waals surface area contributed by atoms with Crippen LogP contribution in [0.1, 0.15) is 23.2 Å². The van der Waals surface area contributed by atoms with E-state index in [1.54, 1.807) is 4.90 Å². The monoisotopic (exact) mass is 393 g/mol. The molecule has 1 fully saturated rings. The zero-order valence-corrected chi connectivity index (χ0v) is 14.4. The predicted octanol–water partition coefficient (Wildman–Crippen LogP) is 1.06. The van der Waals surface area contributed by atoms with Crippen LogP contribution in [0.4, 0.5) is 4.39 Å². The molecule has 1 atom stereocenters. The Morgan fingerprint density at radius 2 is 2.18 bits per heavy atom. The Labute approximate surface area is 137 Å². The van der Waals surface area contributed by atoms with Crippen LogP contribution < -0.4 is 10.5 Å². The van der Waals surface area contributed by atoms with Crippen LogP contribution in [0, 0.1) is 5.82 Å². The molecule has 0 bridgehead atoms. The van der Waals surface area contributed by atoms with Crippen molar-refractivity contribution in [1.82, 2.24) is 10.2 Å². The second-order valence-electron chi connectivity index (χ2n) is 5.19. The van der Waals surface area contributed by atoms with Crippen LogP contribution in [-0.4, -0.2) is 45.4 Å². The van der Waals surface area contributed by atoms with Gasteiger partial charge in [0.15, 0.2) is 0 Å². The Hall–Kier alpha value is -1.03. The molecule has 1 aromatic carbocycles. The van der Waals surface area contributed by atoms with E-state index < -0.39 is 26.6 Å². The van der Waals surface area contributed by atoms with Gasteiger partial charge in [-0.25, -0.2) is 17.9 Å². The molecule has 1 amide bonds. The molecule has 22 heavy (non-hydrogen) atoms. The number of sulfonamides is 1. The molecular weight excluding hydrogens is 377 g/mol. The van der Waals surface area contributed by atoms with Crippen molar-refractivity contribution in [2.75, 3.05) is 20.1 Å². The van der Waals surface area contributed by atoms with E-state index in [0.717, 1.165) is 25.0 Å². The summed E-state index contributed by atoms with van der Waals surface area (Å²) < 4.78 is 36.7. The van der Waals surface area contributed by atoms with Crippen LogP contribution in [0.15, 0.2) is 21.5 Å². The molecular formula is C13H17BrFN3O3S. The third-order valence-electron chi connectivity index (χ3n) is 3.66. The van der Waals surface area contributed by atoms with Crippen molar-refractivity contribution in [2.45, 2.75) is 23.8 Å². The van der Waals surface area contributed by atoms with E-state index in [2.05, 4.69) is 21.2 Å². The van der Waals surface area contributed by atoms with E-state index in [0.29, 0.717) is 13.1 Å². The van der Waals surface area contributed by atoms with Crippen LogP contribution in [-0.2, 0) is 10.0 Å². The van der Waals surface area contributed by atoms with Gasteiger partial charge in [0.05, 0.1) is 14.9 Å². The molecule has 122 valence electrons. The molecule has 9 heteroatoms. The molecule has 1 aliphatic heterocycles. The number of rotatable bonds is 3. The number of nitrogens with one attached hydrogen (secondary N) is 1. The molecule has 1 aromatic rings. The van der Waals surface area contributed by atoms with E-state index in [1.807, 2.05) is 7.05 Å². The lowest BCUT2D eigenvalue weighted by atomic mass is 10.0. The normalized spacial score (nSPS) is 19.3. The number of piperidine rings is 1. The number of nitrogens with two attached hydrogens (primary N) is 1. The van der Waals surface area contributed by atoms with Crippen molar-refractivity contribution in [3.63, 3.8) is 0 Å². The number of nitrogens with zero attached hydrogens (tertiary/aromatic N) is 1. The number of halogens is 2. The van der Waals surface area contributed by atoms with Crippen molar-refractivity contribution in [3.05, 3.63) is 28.0 Å². The highest BCUT2D eigenvalue weighted by atomic mass is 79.9. The third-order valence-corrected chi connectivity index (χ3v) is 5.71. The molecule has 1 saturated heterocycles. The summed E-state index contributed by atoms with van der Waals surface area (Å²) in [6, 6.07) is 1.98. The fraction of sp³-hybridized carbons (Fsp3) is 0.462. The maximum atomic E-state index is 13.7. The Morgan fingerprint density at radius 1 is 1.50 bits per heavy atom. The fourth-order valence-corrected chi connectivity index (χ4v) is 4.21. The predicted molar refractivity (Wildman–Crippen MR) is 83.5 cm³/mol. The number of hydrogen-bond donors (Lipinski definition) is 2. The van der Waals surface area contributed by atoms with Gasteiger partial charge in [0.25, 0.3) is 5.91 Å². The molecule has 1 heterocycles. The largest absolute Gasteiger partial charge is 0.337 e. The fourth-order valence-electron chi connectivity index (χ4n) is 2.49. The molecule has 0 aromatic heterocycles. The molecule has 0 aliphatic carbocycles. The van der Waals surface area contributed by atoms with Gasteiger partial charge in [-0.3, -0.25) is 4.79 Å². The summed E-state index contributed by atoms with van der Waals surface area (Å²) in [7, 11) is -2.31. The average Bonchev–Trinajstić information content (AvgIpc) is 2.47. The zero-order chi connectivity index (χ0) is 16.5. The topological polar surface area (TPSA) is 92.5 Å². The first-order valence-electron chi connectivity index (χ1n) is 6.72. The number of likely N-dealkylation sites (N-methyl/N-ethyl adjacent to an activating group) is 1. The number of likely N-dealkylation sites (tertiary alicyclic amines) is 1. The lowest BCUT2D eigenvalue weighted by Gasteiger charge is -2.33. The molecule has 0 saturated carbocycles. The minimum absolute atomic E-state index is 0.00650. The van der Waals surface area contributed by atoms with E-state index in [-0.39, 0.29) is 16.1 Å².